The van der Waals surface area contributed by atoms with Crippen molar-refractivity contribution in [2.75, 3.05) is 11.9 Å². The average molecular weight is 330 g/mol. The summed E-state index contributed by atoms with van der Waals surface area (Å²) in [5.74, 6) is 1.45. The van der Waals surface area contributed by atoms with E-state index >= 15 is 0 Å². The van der Waals surface area contributed by atoms with Crippen molar-refractivity contribution >= 4 is 39.9 Å². The molecule has 1 aliphatic rings. The molecular formula is C13H13Cl2N3OS. The third kappa shape index (κ3) is 3.41. The van der Waals surface area contributed by atoms with Crippen LogP contribution in [0.25, 0.3) is 0 Å². The highest BCUT2D eigenvalue weighted by molar-refractivity contribution is 7.09. The zero-order valence-electron chi connectivity index (χ0n) is 10.5. The maximum Gasteiger partial charge on any atom is 0.202 e. The van der Waals surface area contributed by atoms with Crippen LogP contribution in [0.2, 0.25) is 10.0 Å². The number of hydrogen-bond acceptors (Lipinski definition) is 5. The summed E-state index contributed by atoms with van der Waals surface area (Å²) in [6, 6.07) is 5.05. The Hall–Kier alpha value is -0.880. The second-order valence-electron chi connectivity index (χ2n) is 4.83. The van der Waals surface area contributed by atoms with Crippen molar-refractivity contribution in [2.45, 2.75) is 24.9 Å². The molecule has 2 N–H and O–H groups in total. The minimum Gasteiger partial charge on any atom is -0.387 e. The molecule has 0 aliphatic heterocycles. The number of nitrogens with one attached hydrogen (secondary N) is 1. The number of aromatic nitrogens is 2. The summed E-state index contributed by atoms with van der Waals surface area (Å²) < 4.78 is 4.30. The van der Waals surface area contributed by atoms with Crippen LogP contribution in [0.4, 0.5) is 5.13 Å². The van der Waals surface area contributed by atoms with Crippen molar-refractivity contribution in [1.29, 1.82) is 0 Å². The van der Waals surface area contributed by atoms with Gasteiger partial charge in [-0.25, -0.2) is 4.98 Å². The third-order valence-electron chi connectivity index (χ3n) is 3.10. The van der Waals surface area contributed by atoms with Crippen molar-refractivity contribution in [2.24, 2.45) is 0 Å². The number of nitrogens with zero attached hydrogens (tertiary/aromatic N) is 2. The number of halogens is 2. The van der Waals surface area contributed by atoms with Crippen LogP contribution in [0.3, 0.4) is 0 Å². The van der Waals surface area contributed by atoms with Crippen LogP contribution in [0.5, 0.6) is 0 Å². The quantitative estimate of drug-likeness (QED) is 0.874. The SMILES string of the molecule is O[C@@H](CNc1nc(C2CC2)ns1)c1cc(Cl)cc(Cl)c1. The normalized spacial score (nSPS) is 16.1. The Morgan fingerprint density at radius 3 is 2.65 bits per heavy atom. The Bertz CT molecular complexity index is 595. The molecule has 2 aromatic rings. The predicted octanol–water partition coefficient (Wildman–Crippen LogP) is 3.87. The van der Waals surface area contributed by atoms with Crippen molar-refractivity contribution in [3.63, 3.8) is 0 Å². The Labute approximate surface area is 130 Å². The van der Waals surface area contributed by atoms with Crippen LogP contribution >= 0.6 is 34.7 Å². The monoisotopic (exact) mass is 329 g/mol. The number of benzene rings is 1. The molecule has 1 fully saturated rings. The van der Waals surface area contributed by atoms with E-state index in [1.54, 1.807) is 18.2 Å². The Kier molecular flexibility index (Phi) is 4.12. The van der Waals surface area contributed by atoms with Crippen molar-refractivity contribution in [1.82, 2.24) is 9.36 Å². The highest BCUT2D eigenvalue weighted by Gasteiger charge is 2.27. The predicted molar refractivity (Wildman–Crippen MR) is 81.8 cm³/mol. The van der Waals surface area contributed by atoms with E-state index in [2.05, 4.69) is 14.7 Å². The fraction of sp³-hybridized carbons (Fsp3) is 0.385. The summed E-state index contributed by atoms with van der Waals surface area (Å²) >= 11 is 13.2. The minimum absolute atomic E-state index is 0.343. The molecule has 7 heteroatoms. The van der Waals surface area contributed by atoms with E-state index in [-0.39, 0.29) is 0 Å². The lowest BCUT2D eigenvalue weighted by atomic mass is 10.1. The van der Waals surface area contributed by atoms with Crippen LogP contribution in [0.15, 0.2) is 18.2 Å². The van der Waals surface area contributed by atoms with Gasteiger partial charge >= 0.3 is 0 Å². The van der Waals surface area contributed by atoms with Crippen LogP contribution in [-0.2, 0) is 0 Å². The summed E-state index contributed by atoms with van der Waals surface area (Å²) in [6.07, 6.45) is 1.67. The van der Waals surface area contributed by atoms with Gasteiger partial charge in [0.25, 0.3) is 0 Å². The van der Waals surface area contributed by atoms with Crippen molar-refractivity contribution in [3.8, 4) is 0 Å². The third-order valence-corrected chi connectivity index (χ3v) is 4.22. The Balaban J connectivity index is 1.61. The Morgan fingerprint density at radius 1 is 1.30 bits per heavy atom. The Morgan fingerprint density at radius 2 is 2.00 bits per heavy atom. The summed E-state index contributed by atoms with van der Waals surface area (Å²) in [4.78, 5) is 4.41. The first-order valence-electron chi connectivity index (χ1n) is 6.33. The maximum absolute atomic E-state index is 10.1. The lowest BCUT2D eigenvalue weighted by molar-refractivity contribution is 0.191. The average Bonchev–Trinajstić information content (AvgIpc) is 3.14. The molecule has 3 rings (SSSR count). The zero-order valence-corrected chi connectivity index (χ0v) is 12.8. The van der Waals surface area contributed by atoms with Gasteiger partial charge in [0.1, 0.15) is 5.82 Å². The molecule has 1 aliphatic carbocycles. The number of aliphatic hydroxyl groups excluding tert-OH is 1. The molecule has 1 atom stereocenters. The lowest BCUT2D eigenvalue weighted by Crippen LogP contribution is -2.12. The van der Waals surface area contributed by atoms with E-state index < -0.39 is 6.10 Å². The molecule has 106 valence electrons. The van der Waals surface area contributed by atoms with Gasteiger partial charge in [-0.1, -0.05) is 23.2 Å². The van der Waals surface area contributed by atoms with Gasteiger partial charge in [0.05, 0.1) is 6.10 Å². The molecule has 1 heterocycles. The van der Waals surface area contributed by atoms with Gasteiger partial charge in [0.15, 0.2) is 0 Å². The molecule has 0 saturated heterocycles. The van der Waals surface area contributed by atoms with E-state index in [0.29, 0.717) is 28.1 Å². The highest BCUT2D eigenvalue weighted by atomic mass is 35.5. The summed E-state index contributed by atoms with van der Waals surface area (Å²) in [6.45, 7) is 0.343. The van der Waals surface area contributed by atoms with E-state index in [9.17, 15) is 5.11 Å². The first-order chi connectivity index (χ1) is 9.61. The summed E-state index contributed by atoms with van der Waals surface area (Å²) in [5.41, 5.74) is 0.682. The van der Waals surface area contributed by atoms with Gasteiger partial charge in [-0.15, -0.1) is 0 Å². The largest absolute Gasteiger partial charge is 0.387 e. The fourth-order valence-electron chi connectivity index (χ4n) is 1.88. The number of hydrogen-bond donors (Lipinski definition) is 2. The molecule has 1 aromatic carbocycles. The molecule has 20 heavy (non-hydrogen) atoms. The first kappa shape index (κ1) is 14.1. The van der Waals surface area contributed by atoms with Crippen molar-refractivity contribution in [3.05, 3.63) is 39.6 Å². The topological polar surface area (TPSA) is 58.0 Å². The molecule has 1 aromatic heterocycles. The van der Waals surface area contributed by atoms with Gasteiger partial charge in [0.2, 0.25) is 5.13 Å². The van der Waals surface area contributed by atoms with Crippen molar-refractivity contribution < 1.29 is 5.11 Å². The van der Waals surface area contributed by atoms with Gasteiger partial charge in [-0.2, -0.15) is 4.37 Å². The van der Waals surface area contributed by atoms with E-state index in [1.165, 1.54) is 24.4 Å². The molecule has 0 spiro atoms. The molecule has 0 radical (unpaired) electrons. The maximum atomic E-state index is 10.1. The van der Waals surface area contributed by atoms with Gasteiger partial charge in [-0.05, 0) is 36.6 Å². The molecule has 4 nitrogen and oxygen atoms in total. The van der Waals surface area contributed by atoms with Crippen LogP contribution in [0.1, 0.15) is 36.3 Å². The second kappa shape index (κ2) is 5.85. The second-order valence-corrected chi connectivity index (χ2v) is 6.46. The molecule has 0 amide bonds. The van der Waals surface area contributed by atoms with Gasteiger partial charge in [0, 0.05) is 34.0 Å². The van der Waals surface area contributed by atoms with Gasteiger partial charge in [-0.3, -0.25) is 0 Å². The van der Waals surface area contributed by atoms with E-state index in [1.807, 2.05) is 0 Å². The minimum atomic E-state index is -0.695. The van der Waals surface area contributed by atoms with Crippen LogP contribution < -0.4 is 5.32 Å². The highest BCUT2D eigenvalue weighted by Crippen LogP contribution is 2.39. The van der Waals surface area contributed by atoms with Crippen LogP contribution in [0, 0.1) is 0 Å². The molecular weight excluding hydrogens is 317 g/mol. The standard InChI is InChI=1S/C13H13Cl2N3OS/c14-9-3-8(4-10(15)5-9)11(19)6-16-13-17-12(18-20-13)7-1-2-7/h3-5,7,11,19H,1-2,6H2,(H,16,17,18)/t11-/m0/s1. The number of anilines is 1. The van der Waals surface area contributed by atoms with Gasteiger partial charge < -0.3 is 10.4 Å². The molecule has 1 saturated carbocycles. The summed E-state index contributed by atoms with van der Waals surface area (Å²) in [5, 5.41) is 15.0. The smallest absolute Gasteiger partial charge is 0.202 e. The van der Waals surface area contributed by atoms with Crippen LogP contribution in [-0.4, -0.2) is 21.0 Å². The zero-order chi connectivity index (χ0) is 14.1. The number of aliphatic hydroxyl groups is 1. The fourth-order valence-corrected chi connectivity index (χ4v) is 3.08. The lowest BCUT2D eigenvalue weighted by Gasteiger charge is -2.12. The first-order valence-corrected chi connectivity index (χ1v) is 7.86. The number of rotatable bonds is 5. The summed E-state index contributed by atoms with van der Waals surface area (Å²) in [7, 11) is 0. The molecule has 0 bridgehead atoms. The van der Waals surface area contributed by atoms with E-state index in [0.717, 1.165) is 11.0 Å². The molecule has 0 unspecified atom stereocenters. The van der Waals surface area contributed by atoms with E-state index in [4.69, 9.17) is 23.2 Å².